The molecule has 0 radical (unpaired) electrons. The number of hydrogen-bond donors (Lipinski definition) is 0. The van der Waals surface area contributed by atoms with E-state index in [2.05, 4.69) is 122 Å². The zero-order valence-corrected chi connectivity index (χ0v) is 43.8. The first kappa shape index (κ1) is 53.0. The van der Waals surface area contributed by atoms with Crippen molar-refractivity contribution in [3.8, 4) is 0 Å². The molecule has 0 heterocycles. The molecule has 0 bridgehead atoms. The molecule has 3 aromatic carbocycles. The van der Waals surface area contributed by atoms with Gasteiger partial charge in [-0.1, -0.05) is 243 Å². The van der Waals surface area contributed by atoms with Gasteiger partial charge in [0.15, 0.2) is 8.07 Å². The summed E-state index contributed by atoms with van der Waals surface area (Å²) in [4.78, 5) is 0. The van der Waals surface area contributed by atoms with Gasteiger partial charge in [-0.05, 0) is 144 Å². The molecule has 0 N–H and O–H groups in total. The van der Waals surface area contributed by atoms with E-state index in [9.17, 15) is 0 Å². The fourth-order valence-corrected chi connectivity index (χ4v) is 15.9. The minimum absolute atomic E-state index is 0.534. The summed E-state index contributed by atoms with van der Waals surface area (Å²) in [5, 5.41) is 6.80. The first-order valence-electron chi connectivity index (χ1n) is 27.6. The quantitative estimate of drug-likeness (QED) is 0.0314. The van der Waals surface area contributed by atoms with Crippen LogP contribution in [-0.4, -0.2) is 8.07 Å². The molecule has 0 aromatic heterocycles. The topological polar surface area (TPSA) is 0 Å². The molecule has 1 aliphatic carbocycles. The fraction of sp³-hybridized carbons (Fsp3) is 0.645. The van der Waals surface area contributed by atoms with Gasteiger partial charge in [-0.15, -0.1) is 0 Å². The first-order valence-corrected chi connectivity index (χ1v) is 29.6. The number of unbranched alkanes of at least 4 members (excludes halogenated alkanes) is 18. The Morgan fingerprint density at radius 1 is 0.349 bits per heavy atom. The molecule has 1 heteroatoms. The number of rotatable bonds is 35. The summed E-state index contributed by atoms with van der Waals surface area (Å²) in [5.41, 5.74) is 11.2. The molecule has 0 nitrogen and oxygen atoms in total. The van der Waals surface area contributed by atoms with Crippen molar-refractivity contribution in [1.29, 1.82) is 0 Å². The maximum Gasteiger partial charge on any atom is 0.176 e. The zero-order valence-electron chi connectivity index (χ0n) is 42.8. The van der Waals surface area contributed by atoms with E-state index in [0.29, 0.717) is 5.92 Å². The van der Waals surface area contributed by atoms with Crippen LogP contribution in [0.4, 0.5) is 0 Å². The van der Waals surface area contributed by atoms with Gasteiger partial charge >= 0.3 is 0 Å². The minimum atomic E-state index is -2.78. The third-order valence-corrected chi connectivity index (χ3v) is 19.2. The van der Waals surface area contributed by atoms with Crippen molar-refractivity contribution in [3.05, 3.63) is 111 Å². The van der Waals surface area contributed by atoms with Crippen molar-refractivity contribution in [2.24, 2.45) is 5.92 Å². The molecule has 0 amide bonds. The van der Waals surface area contributed by atoms with Gasteiger partial charge in [-0.25, -0.2) is 0 Å². The zero-order chi connectivity index (χ0) is 45.1. The van der Waals surface area contributed by atoms with Gasteiger partial charge in [0, 0.05) is 0 Å². The van der Waals surface area contributed by atoms with Crippen LogP contribution in [0.1, 0.15) is 249 Å². The molecule has 0 unspecified atom stereocenters. The molecule has 4 rings (SSSR count). The van der Waals surface area contributed by atoms with E-state index in [1.54, 1.807) is 59.7 Å². The third kappa shape index (κ3) is 17.3. The molecule has 350 valence electrons. The summed E-state index contributed by atoms with van der Waals surface area (Å²) in [7, 11) is -2.78. The van der Waals surface area contributed by atoms with Gasteiger partial charge in [0.1, 0.15) is 0 Å². The highest BCUT2D eigenvalue weighted by molar-refractivity contribution is 7.16. The van der Waals surface area contributed by atoms with Crippen molar-refractivity contribution < 1.29 is 0 Å². The SMILES string of the molecule is CCCCCCc1cc(CCCCCC)cc([Si](C2=CC(C(C)C)=CC2)(c2cc(CCCCCC)cc(CCCCCC)c2)c2cc(CCCCCC)cc(CCCCCC)c2)c1. The normalized spacial score (nSPS) is 13.0. The molecule has 3 aromatic rings. The predicted molar refractivity (Wildman–Crippen MR) is 287 cm³/mol. The Kier molecular flexibility index (Phi) is 25.7. The van der Waals surface area contributed by atoms with Crippen molar-refractivity contribution in [2.75, 3.05) is 0 Å². The summed E-state index contributed by atoms with van der Waals surface area (Å²) >= 11 is 0. The molecule has 0 aliphatic heterocycles. The van der Waals surface area contributed by atoms with Crippen LogP contribution in [0.15, 0.2) is 77.5 Å². The van der Waals surface area contributed by atoms with E-state index in [1.807, 2.05) is 0 Å². The third-order valence-electron chi connectivity index (χ3n) is 14.4. The molecule has 0 saturated heterocycles. The van der Waals surface area contributed by atoms with E-state index in [1.165, 1.54) is 193 Å². The van der Waals surface area contributed by atoms with Crippen molar-refractivity contribution in [2.45, 2.75) is 254 Å². The summed E-state index contributed by atoms with van der Waals surface area (Å²) in [6.45, 7) is 19.0. The lowest BCUT2D eigenvalue weighted by molar-refractivity contribution is 0.661. The number of allylic oxidation sites excluding steroid dienone is 4. The van der Waals surface area contributed by atoms with E-state index in [-0.39, 0.29) is 0 Å². The van der Waals surface area contributed by atoms with Gasteiger partial charge in [0.2, 0.25) is 0 Å². The Morgan fingerprint density at radius 2 is 0.603 bits per heavy atom. The van der Waals surface area contributed by atoms with Crippen LogP contribution < -0.4 is 15.6 Å². The lowest BCUT2D eigenvalue weighted by atomic mass is 10.00. The molecular formula is C62H98Si. The van der Waals surface area contributed by atoms with E-state index >= 15 is 0 Å². The monoisotopic (exact) mass is 871 g/mol. The van der Waals surface area contributed by atoms with Crippen molar-refractivity contribution in [3.63, 3.8) is 0 Å². The maximum atomic E-state index is 2.80. The first-order chi connectivity index (χ1) is 30.8. The second kappa shape index (κ2) is 30.5. The van der Waals surface area contributed by atoms with Crippen molar-refractivity contribution in [1.82, 2.24) is 0 Å². The highest BCUT2D eigenvalue weighted by Gasteiger charge is 2.45. The van der Waals surface area contributed by atoms with Crippen LogP contribution in [0.25, 0.3) is 0 Å². The molecule has 0 atom stereocenters. The Morgan fingerprint density at radius 3 is 0.810 bits per heavy atom. The Hall–Kier alpha value is -2.64. The summed E-state index contributed by atoms with van der Waals surface area (Å²) in [6, 6.07) is 24.8. The van der Waals surface area contributed by atoms with Crippen molar-refractivity contribution >= 4 is 23.6 Å². The van der Waals surface area contributed by atoms with Crippen LogP contribution in [0, 0.1) is 5.92 Å². The molecule has 63 heavy (non-hydrogen) atoms. The van der Waals surface area contributed by atoms with Gasteiger partial charge in [0.05, 0.1) is 0 Å². The number of benzene rings is 3. The summed E-state index contributed by atoms with van der Waals surface area (Å²) in [6.07, 6.45) is 45.4. The average Bonchev–Trinajstić information content (AvgIpc) is 3.79. The molecular weight excluding hydrogens is 773 g/mol. The van der Waals surface area contributed by atoms with E-state index in [0.717, 1.165) is 6.42 Å². The lowest BCUT2D eigenvalue weighted by Gasteiger charge is -2.37. The lowest BCUT2D eigenvalue weighted by Crippen LogP contribution is -2.69. The minimum Gasteiger partial charge on any atom is -0.0773 e. The molecule has 0 saturated carbocycles. The summed E-state index contributed by atoms with van der Waals surface area (Å²) in [5.74, 6) is 0.534. The van der Waals surface area contributed by atoms with Gasteiger partial charge < -0.3 is 0 Å². The van der Waals surface area contributed by atoms with Crippen LogP contribution in [-0.2, 0) is 38.5 Å². The second-order valence-corrected chi connectivity index (χ2v) is 24.3. The van der Waals surface area contributed by atoms with Crippen LogP contribution in [0.5, 0.6) is 0 Å². The van der Waals surface area contributed by atoms with Gasteiger partial charge in [0.25, 0.3) is 0 Å². The average molecular weight is 872 g/mol. The largest absolute Gasteiger partial charge is 0.176 e. The highest BCUT2D eigenvalue weighted by atomic mass is 28.3. The van der Waals surface area contributed by atoms with Gasteiger partial charge in [-0.2, -0.15) is 0 Å². The van der Waals surface area contributed by atoms with Crippen LogP contribution in [0.2, 0.25) is 0 Å². The molecule has 1 aliphatic rings. The Bertz CT molecular complexity index is 1500. The summed E-state index contributed by atoms with van der Waals surface area (Å²) < 4.78 is 0. The van der Waals surface area contributed by atoms with E-state index in [4.69, 9.17) is 0 Å². The highest BCUT2D eigenvalue weighted by Crippen LogP contribution is 2.33. The van der Waals surface area contributed by atoms with Gasteiger partial charge in [-0.3, -0.25) is 0 Å². The number of aryl methyl sites for hydroxylation is 6. The number of hydrogen-bond acceptors (Lipinski definition) is 0. The van der Waals surface area contributed by atoms with E-state index < -0.39 is 8.07 Å². The predicted octanol–water partition coefficient (Wildman–Crippen LogP) is 17.3. The maximum absolute atomic E-state index is 2.80. The molecule has 0 fully saturated rings. The Balaban J connectivity index is 2.13. The second-order valence-electron chi connectivity index (χ2n) is 20.5. The molecule has 0 spiro atoms. The Labute approximate surface area is 393 Å². The fourth-order valence-electron chi connectivity index (χ4n) is 10.6. The van der Waals surface area contributed by atoms with Crippen LogP contribution in [0.3, 0.4) is 0 Å². The van der Waals surface area contributed by atoms with Crippen LogP contribution >= 0.6 is 0 Å². The smallest absolute Gasteiger partial charge is 0.0773 e. The standard InChI is InChI=1S/C62H98Si/c1-9-15-21-27-33-52-41-53(34-28-22-16-10-2)45-60(44-52)63(59-40-39-58(50-59)51(7)8,61-46-54(35-29-23-17-11-3)42-55(47-61)36-30-24-18-12-4)62-48-56(37-31-25-19-13-5)43-57(49-62)38-32-26-20-14-6/h39,41-51H,9-38,40H2,1-8H3.